The number of aliphatic imine (C=N–C) groups is 1. The van der Waals surface area contributed by atoms with Crippen LogP contribution in [-0.2, 0) is 11.3 Å². The second kappa shape index (κ2) is 11.3. The van der Waals surface area contributed by atoms with Crippen LogP contribution in [0.2, 0.25) is 0 Å². The molecule has 0 spiro atoms. The van der Waals surface area contributed by atoms with Crippen LogP contribution in [0.3, 0.4) is 0 Å². The van der Waals surface area contributed by atoms with Crippen LogP contribution >= 0.6 is 0 Å². The van der Waals surface area contributed by atoms with Crippen molar-refractivity contribution in [3.05, 3.63) is 35.4 Å². The zero-order valence-electron chi connectivity index (χ0n) is 17.8. The lowest BCUT2D eigenvalue weighted by atomic mass is 9.89. The first-order chi connectivity index (χ1) is 13.1. The molecule has 0 saturated carbocycles. The second-order valence-corrected chi connectivity index (χ2v) is 8.19. The molecule has 1 aromatic carbocycles. The zero-order valence-corrected chi connectivity index (χ0v) is 17.8. The van der Waals surface area contributed by atoms with Gasteiger partial charge in [0.2, 0.25) is 5.91 Å². The molecule has 1 rings (SSSR count). The minimum atomic E-state index is -0.570. The smallest absolute Gasteiger partial charge is 0.251 e. The van der Waals surface area contributed by atoms with Crippen LogP contribution in [0.4, 0.5) is 0 Å². The van der Waals surface area contributed by atoms with E-state index in [9.17, 15) is 9.59 Å². The summed E-state index contributed by atoms with van der Waals surface area (Å²) in [4.78, 5) is 27.3. The minimum absolute atomic E-state index is 0.171. The third kappa shape index (κ3) is 9.94. The molecular formula is C21H35N5O2. The van der Waals surface area contributed by atoms with Crippen molar-refractivity contribution in [2.75, 3.05) is 13.1 Å². The van der Waals surface area contributed by atoms with Crippen LogP contribution in [0.25, 0.3) is 0 Å². The number of benzene rings is 1. The maximum Gasteiger partial charge on any atom is 0.251 e. The van der Waals surface area contributed by atoms with Crippen LogP contribution in [0.15, 0.2) is 29.3 Å². The van der Waals surface area contributed by atoms with Crippen molar-refractivity contribution in [3.63, 3.8) is 0 Å². The number of nitrogens with two attached hydrogens (primary N) is 1. The lowest BCUT2D eigenvalue weighted by Crippen LogP contribution is -2.42. The fraction of sp³-hybridized carbons (Fsp3) is 0.571. The largest absolute Gasteiger partial charge is 0.368 e. The van der Waals surface area contributed by atoms with Crippen molar-refractivity contribution >= 4 is 17.8 Å². The van der Waals surface area contributed by atoms with Gasteiger partial charge in [0.15, 0.2) is 5.96 Å². The molecule has 156 valence electrons. The van der Waals surface area contributed by atoms with Crippen molar-refractivity contribution in [2.45, 2.75) is 60.0 Å². The van der Waals surface area contributed by atoms with E-state index in [1.807, 2.05) is 19.1 Å². The van der Waals surface area contributed by atoms with Crippen LogP contribution in [0.5, 0.6) is 0 Å². The SMILES string of the molecule is CCNC(=NCc1ccc(C(=O)NCC(N)=O)cc1)NC(C)CCC(C)(C)C. The number of hydrogen-bond donors (Lipinski definition) is 4. The predicted octanol–water partition coefficient (Wildman–Crippen LogP) is 2.17. The van der Waals surface area contributed by atoms with Crippen LogP contribution in [0.1, 0.15) is 63.4 Å². The molecule has 0 aliphatic carbocycles. The molecular weight excluding hydrogens is 354 g/mol. The summed E-state index contributed by atoms with van der Waals surface area (Å²) >= 11 is 0. The summed E-state index contributed by atoms with van der Waals surface area (Å²) in [6, 6.07) is 7.47. The van der Waals surface area contributed by atoms with Gasteiger partial charge >= 0.3 is 0 Å². The molecule has 1 unspecified atom stereocenters. The van der Waals surface area contributed by atoms with Gasteiger partial charge in [0, 0.05) is 18.2 Å². The van der Waals surface area contributed by atoms with Crippen molar-refractivity contribution in [3.8, 4) is 0 Å². The topological polar surface area (TPSA) is 109 Å². The van der Waals surface area contributed by atoms with Gasteiger partial charge in [-0.2, -0.15) is 0 Å². The van der Waals surface area contributed by atoms with Gasteiger partial charge in [0.05, 0.1) is 13.1 Å². The summed E-state index contributed by atoms with van der Waals surface area (Å²) in [5, 5.41) is 9.19. The number of carbonyl (C=O) groups is 2. The summed E-state index contributed by atoms with van der Waals surface area (Å²) in [6.45, 7) is 12.1. The fourth-order valence-corrected chi connectivity index (χ4v) is 2.48. The van der Waals surface area contributed by atoms with Gasteiger partial charge in [-0.3, -0.25) is 9.59 Å². The molecule has 2 amide bonds. The van der Waals surface area contributed by atoms with E-state index in [1.54, 1.807) is 12.1 Å². The Hall–Kier alpha value is -2.57. The van der Waals surface area contributed by atoms with E-state index in [0.717, 1.165) is 30.9 Å². The zero-order chi connectivity index (χ0) is 21.2. The molecule has 7 heteroatoms. The molecule has 0 aliphatic heterocycles. The Balaban J connectivity index is 2.63. The van der Waals surface area contributed by atoms with Crippen LogP contribution in [0, 0.1) is 5.41 Å². The van der Waals surface area contributed by atoms with E-state index in [1.165, 1.54) is 0 Å². The average molecular weight is 390 g/mol. The monoisotopic (exact) mass is 389 g/mol. The Kier molecular flexibility index (Phi) is 9.48. The third-order valence-electron chi connectivity index (χ3n) is 4.11. The van der Waals surface area contributed by atoms with E-state index < -0.39 is 5.91 Å². The fourth-order valence-electron chi connectivity index (χ4n) is 2.48. The summed E-state index contributed by atoms with van der Waals surface area (Å²) in [5.41, 5.74) is 6.82. The van der Waals surface area contributed by atoms with Crippen molar-refractivity contribution in [1.29, 1.82) is 0 Å². The number of nitrogens with one attached hydrogen (secondary N) is 3. The lowest BCUT2D eigenvalue weighted by molar-refractivity contribution is -0.117. The maximum absolute atomic E-state index is 11.9. The molecule has 0 aliphatic rings. The van der Waals surface area contributed by atoms with Gasteiger partial charge in [0.25, 0.3) is 5.91 Å². The highest BCUT2D eigenvalue weighted by molar-refractivity contribution is 5.96. The van der Waals surface area contributed by atoms with Gasteiger partial charge in [-0.15, -0.1) is 0 Å². The number of rotatable bonds is 9. The molecule has 0 bridgehead atoms. The number of guanidine groups is 1. The highest BCUT2D eigenvalue weighted by Crippen LogP contribution is 2.21. The lowest BCUT2D eigenvalue weighted by Gasteiger charge is -2.23. The Labute approximate surface area is 168 Å². The Morgan fingerprint density at radius 1 is 1.14 bits per heavy atom. The Bertz CT molecular complexity index is 662. The molecule has 1 aromatic rings. The maximum atomic E-state index is 11.9. The standard InChI is InChI=1S/C21H35N5O2/c1-6-23-20(26-15(2)11-12-21(3,4)5)25-13-16-7-9-17(10-8-16)19(28)24-14-18(22)27/h7-10,15H,6,11-14H2,1-5H3,(H2,22,27)(H,24,28)(H2,23,25,26). The molecule has 0 radical (unpaired) electrons. The van der Waals surface area contributed by atoms with Gasteiger partial charge in [0.1, 0.15) is 0 Å². The van der Waals surface area contributed by atoms with E-state index in [0.29, 0.717) is 23.6 Å². The molecule has 1 atom stereocenters. The van der Waals surface area contributed by atoms with E-state index in [2.05, 4.69) is 48.6 Å². The number of amides is 2. The first-order valence-electron chi connectivity index (χ1n) is 9.81. The summed E-state index contributed by atoms with van der Waals surface area (Å²) < 4.78 is 0. The molecule has 5 N–H and O–H groups in total. The third-order valence-corrected chi connectivity index (χ3v) is 4.11. The molecule has 0 fully saturated rings. The molecule has 0 heterocycles. The van der Waals surface area contributed by atoms with E-state index in [4.69, 9.17) is 5.73 Å². The number of hydrogen-bond acceptors (Lipinski definition) is 3. The summed E-state index contributed by atoms with van der Waals surface area (Å²) in [5.74, 6) is -0.108. The first-order valence-corrected chi connectivity index (χ1v) is 9.81. The van der Waals surface area contributed by atoms with Gasteiger partial charge < -0.3 is 21.7 Å². The summed E-state index contributed by atoms with van der Waals surface area (Å²) in [6.07, 6.45) is 2.21. The number of nitrogens with zero attached hydrogens (tertiary/aromatic N) is 1. The van der Waals surface area contributed by atoms with Gasteiger partial charge in [-0.25, -0.2) is 4.99 Å². The number of primary amides is 1. The van der Waals surface area contributed by atoms with Crippen molar-refractivity contribution < 1.29 is 9.59 Å². The predicted molar refractivity (Wildman–Crippen MR) is 114 cm³/mol. The van der Waals surface area contributed by atoms with Gasteiger partial charge in [-0.05, 0) is 49.8 Å². The first kappa shape index (κ1) is 23.5. The normalized spacial score (nSPS) is 13.0. The molecule has 28 heavy (non-hydrogen) atoms. The minimum Gasteiger partial charge on any atom is -0.368 e. The van der Waals surface area contributed by atoms with Crippen molar-refractivity contribution in [1.82, 2.24) is 16.0 Å². The average Bonchev–Trinajstić information content (AvgIpc) is 2.62. The highest BCUT2D eigenvalue weighted by Gasteiger charge is 2.13. The Morgan fingerprint density at radius 2 is 1.79 bits per heavy atom. The highest BCUT2D eigenvalue weighted by atomic mass is 16.2. The van der Waals surface area contributed by atoms with Crippen molar-refractivity contribution in [2.24, 2.45) is 16.1 Å². The number of carbonyl (C=O) groups excluding carboxylic acids is 2. The van der Waals surface area contributed by atoms with Crippen LogP contribution in [-0.4, -0.2) is 36.9 Å². The Morgan fingerprint density at radius 3 is 2.32 bits per heavy atom. The molecule has 7 nitrogen and oxygen atoms in total. The quantitative estimate of drug-likeness (QED) is 0.383. The van der Waals surface area contributed by atoms with E-state index >= 15 is 0 Å². The van der Waals surface area contributed by atoms with Crippen LogP contribution < -0.4 is 21.7 Å². The summed E-state index contributed by atoms with van der Waals surface area (Å²) in [7, 11) is 0. The second-order valence-electron chi connectivity index (χ2n) is 8.19. The van der Waals surface area contributed by atoms with Gasteiger partial charge in [-0.1, -0.05) is 32.9 Å². The van der Waals surface area contributed by atoms with E-state index in [-0.39, 0.29) is 12.5 Å². The molecule has 0 saturated heterocycles. The molecule has 0 aromatic heterocycles.